The number of benzene rings is 1. The summed E-state index contributed by atoms with van der Waals surface area (Å²) in [6, 6.07) is 4.86. The SMILES string of the molecule is CCc1nc2ccc(C(=O)NS(=O)(=O)N3CCC3)cc2nc1CC. The molecule has 7 nitrogen and oxygen atoms in total. The quantitative estimate of drug-likeness (QED) is 0.882. The zero-order valence-electron chi connectivity index (χ0n) is 13.7. The smallest absolute Gasteiger partial charge is 0.268 e. The highest BCUT2D eigenvalue weighted by Gasteiger charge is 2.29. The molecule has 0 atom stereocenters. The van der Waals surface area contributed by atoms with Crippen LogP contribution in [0.15, 0.2) is 18.2 Å². The van der Waals surface area contributed by atoms with Crippen molar-refractivity contribution in [3.8, 4) is 0 Å². The van der Waals surface area contributed by atoms with Gasteiger partial charge in [-0.05, 0) is 37.5 Å². The van der Waals surface area contributed by atoms with Crippen molar-refractivity contribution in [3.05, 3.63) is 35.2 Å². The Morgan fingerprint density at radius 3 is 2.29 bits per heavy atom. The monoisotopic (exact) mass is 348 g/mol. The molecule has 0 bridgehead atoms. The summed E-state index contributed by atoms with van der Waals surface area (Å²) in [4.78, 5) is 21.4. The van der Waals surface area contributed by atoms with Gasteiger partial charge in [0.25, 0.3) is 5.91 Å². The first-order valence-corrected chi connectivity index (χ1v) is 9.50. The molecule has 0 radical (unpaired) electrons. The molecule has 8 heteroatoms. The molecule has 2 heterocycles. The number of nitrogens with one attached hydrogen (secondary N) is 1. The van der Waals surface area contributed by atoms with Gasteiger partial charge in [-0.25, -0.2) is 14.7 Å². The van der Waals surface area contributed by atoms with Crippen LogP contribution >= 0.6 is 0 Å². The minimum Gasteiger partial charge on any atom is -0.268 e. The maximum absolute atomic E-state index is 12.3. The zero-order valence-corrected chi connectivity index (χ0v) is 14.6. The first-order valence-electron chi connectivity index (χ1n) is 8.06. The van der Waals surface area contributed by atoms with Crippen molar-refractivity contribution in [2.24, 2.45) is 0 Å². The van der Waals surface area contributed by atoms with Gasteiger partial charge in [-0.1, -0.05) is 13.8 Å². The molecule has 1 aliphatic rings. The van der Waals surface area contributed by atoms with E-state index in [1.54, 1.807) is 18.2 Å². The molecule has 2 aromatic rings. The molecule has 1 fully saturated rings. The van der Waals surface area contributed by atoms with Crippen molar-refractivity contribution >= 4 is 27.1 Å². The van der Waals surface area contributed by atoms with Crippen LogP contribution in [-0.4, -0.2) is 41.7 Å². The van der Waals surface area contributed by atoms with Crippen LogP contribution < -0.4 is 4.72 Å². The highest BCUT2D eigenvalue weighted by Crippen LogP contribution is 2.17. The van der Waals surface area contributed by atoms with Crippen molar-refractivity contribution < 1.29 is 13.2 Å². The van der Waals surface area contributed by atoms with Gasteiger partial charge >= 0.3 is 10.2 Å². The van der Waals surface area contributed by atoms with Crippen molar-refractivity contribution in [2.45, 2.75) is 33.1 Å². The van der Waals surface area contributed by atoms with Crippen LogP contribution in [0.2, 0.25) is 0 Å². The topological polar surface area (TPSA) is 92.3 Å². The van der Waals surface area contributed by atoms with Gasteiger partial charge in [0.1, 0.15) is 0 Å². The van der Waals surface area contributed by atoms with Gasteiger partial charge in [-0.2, -0.15) is 12.7 Å². The van der Waals surface area contributed by atoms with E-state index >= 15 is 0 Å². The Bertz CT molecular complexity index is 892. The fourth-order valence-electron chi connectivity index (χ4n) is 2.60. The van der Waals surface area contributed by atoms with E-state index in [9.17, 15) is 13.2 Å². The standard InChI is InChI=1S/C16H20N4O3S/c1-3-12-13(4-2)18-15-10-11(6-7-14(15)17-12)16(21)19-24(22,23)20-8-5-9-20/h6-7,10H,3-5,8-9H2,1-2H3,(H,19,21). The van der Waals surface area contributed by atoms with Gasteiger partial charge in [0, 0.05) is 18.7 Å². The lowest BCUT2D eigenvalue weighted by Gasteiger charge is -2.29. The highest BCUT2D eigenvalue weighted by atomic mass is 32.2. The van der Waals surface area contributed by atoms with E-state index in [4.69, 9.17) is 0 Å². The van der Waals surface area contributed by atoms with Gasteiger partial charge in [0.05, 0.1) is 22.4 Å². The Morgan fingerprint density at radius 2 is 1.75 bits per heavy atom. The molecule has 1 saturated heterocycles. The van der Waals surface area contributed by atoms with E-state index in [1.807, 2.05) is 13.8 Å². The summed E-state index contributed by atoms with van der Waals surface area (Å²) < 4.78 is 27.4. The minimum absolute atomic E-state index is 0.257. The third-order valence-corrected chi connectivity index (χ3v) is 5.62. The average molecular weight is 348 g/mol. The molecule has 1 aromatic heterocycles. The first kappa shape index (κ1) is 16.8. The van der Waals surface area contributed by atoms with Crippen molar-refractivity contribution in [1.29, 1.82) is 0 Å². The number of amides is 1. The molecule has 1 N–H and O–H groups in total. The fraction of sp³-hybridized carbons (Fsp3) is 0.438. The molecule has 0 unspecified atom stereocenters. The van der Waals surface area contributed by atoms with Crippen LogP contribution in [0, 0.1) is 0 Å². The minimum atomic E-state index is -3.75. The Morgan fingerprint density at radius 1 is 1.12 bits per heavy atom. The van der Waals surface area contributed by atoms with Crippen molar-refractivity contribution in [3.63, 3.8) is 0 Å². The second-order valence-electron chi connectivity index (χ2n) is 5.72. The second-order valence-corrected chi connectivity index (χ2v) is 7.39. The number of carbonyl (C=O) groups is 1. The molecular formula is C16H20N4O3S. The summed E-state index contributed by atoms with van der Waals surface area (Å²) >= 11 is 0. The number of hydrogen-bond acceptors (Lipinski definition) is 5. The van der Waals surface area contributed by atoms with Gasteiger partial charge in [-0.3, -0.25) is 4.79 Å². The summed E-state index contributed by atoms with van der Waals surface area (Å²) in [7, 11) is -3.75. The number of aromatic nitrogens is 2. The summed E-state index contributed by atoms with van der Waals surface area (Å²) in [5.41, 5.74) is 3.40. The lowest BCUT2D eigenvalue weighted by atomic mass is 10.1. The van der Waals surface area contributed by atoms with Crippen molar-refractivity contribution in [2.75, 3.05) is 13.1 Å². The van der Waals surface area contributed by atoms with Crippen LogP contribution in [0.1, 0.15) is 42.0 Å². The number of rotatable bonds is 5. The van der Waals surface area contributed by atoms with Gasteiger partial charge in [0.2, 0.25) is 0 Å². The lowest BCUT2D eigenvalue weighted by molar-refractivity contribution is 0.0978. The molecule has 24 heavy (non-hydrogen) atoms. The number of aryl methyl sites for hydroxylation is 2. The normalized spacial score (nSPS) is 15.2. The molecular weight excluding hydrogens is 328 g/mol. The first-order chi connectivity index (χ1) is 11.4. The molecule has 0 aliphatic carbocycles. The maximum atomic E-state index is 12.3. The predicted octanol–water partition coefficient (Wildman–Crippen LogP) is 1.43. The van der Waals surface area contributed by atoms with Crippen LogP contribution in [0.5, 0.6) is 0 Å². The van der Waals surface area contributed by atoms with Crippen molar-refractivity contribution in [1.82, 2.24) is 19.0 Å². The zero-order chi connectivity index (χ0) is 17.3. The summed E-state index contributed by atoms with van der Waals surface area (Å²) in [6.07, 6.45) is 2.37. The van der Waals surface area contributed by atoms with Crippen LogP contribution in [0.3, 0.4) is 0 Å². The number of carbonyl (C=O) groups excluding carboxylic acids is 1. The average Bonchev–Trinajstić information content (AvgIpc) is 2.50. The molecule has 128 valence electrons. The van der Waals surface area contributed by atoms with Gasteiger partial charge in [0.15, 0.2) is 0 Å². The molecule has 0 spiro atoms. The lowest BCUT2D eigenvalue weighted by Crippen LogP contribution is -2.49. The van der Waals surface area contributed by atoms with E-state index in [2.05, 4.69) is 14.7 Å². The molecule has 1 aromatic carbocycles. The van der Waals surface area contributed by atoms with E-state index in [-0.39, 0.29) is 5.56 Å². The maximum Gasteiger partial charge on any atom is 0.304 e. The Hall–Kier alpha value is -2.06. The number of fused-ring (bicyclic) bond motifs is 1. The van der Waals surface area contributed by atoms with Crippen LogP contribution in [-0.2, 0) is 23.1 Å². The number of hydrogen-bond donors (Lipinski definition) is 1. The van der Waals surface area contributed by atoms with Gasteiger partial charge in [-0.15, -0.1) is 0 Å². The molecule has 3 rings (SSSR count). The fourth-order valence-corrected chi connectivity index (χ4v) is 3.82. The van der Waals surface area contributed by atoms with E-state index in [0.29, 0.717) is 24.1 Å². The third-order valence-electron chi connectivity index (χ3n) is 4.13. The second kappa shape index (κ2) is 6.45. The van der Waals surface area contributed by atoms with E-state index in [0.717, 1.165) is 30.7 Å². The largest absolute Gasteiger partial charge is 0.304 e. The van der Waals surface area contributed by atoms with Crippen LogP contribution in [0.4, 0.5) is 0 Å². The summed E-state index contributed by atoms with van der Waals surface area (Å²) in [6.45, 7) is 4.93. The molecule has 1 amide bonds. The summed E-state index contributed by atoms with van der Waals surface area (Å²) in [5, 5.41) is 0. The molecule has 1 aliphatic heterocycles. The number of nitrogens with zero attached hydrogens (tertiary/aromatic N) is 3. The van der Waals surface area contributed by atoms with Crippen LogP contribution in [0.25, 0.3) is 11.0 Å². The van der Waals surface area contributed by atoms with E-state index in [1.165, 1.54) is 4.31 Å². The Labute approximate surface area is 141 Å². The van der Waals surface area contributed by atoms with Gasteiger partial charge < -0.3 is 0 Å². The predicted molar refractivity (Wildman–Crippen MR) is 90.9 cm³/mol. The van der Waals surface area contributed by atoms with E-state index < -0.39 is 16.1 Å². The molecule has 0 saturated carbocycles. The Balaban J connectivity index is 1.90. The Kier molecular flexibility index (Phi) is 4.51. The summed E-state index contributed by atoms with van der Waals surface area (Å²) in [5.74, 6) is -0.650. The third kappa shape index (κ3) is 3.11. The highest BCUT2D eigenvalue weighted by molar-refractivity contribution is 7.87.